The highest BCUT2D eigenvalue weighted by Gasteiger charge is 2.26. The molecule has 100 valence electrons. The first-order chi connectivity index (χ1) is 8.47. The highest BCUT2D eigenvalue weighted by Crippen LogP contribution is 2.28. The molecule has 0 saturated heterocycles. The average Bonchev–Trinajstić information content (AvgIpc) is 2.37. The van der Waals surface area contributed by atoms with Crippen molar-refractivity contribution < 1.29 is 4.74 Å². The van der Waals surface area contributed by atoms with Gasteiger partial charge in [0.05, 0.1) is 7.11 Å². The zero-order valence-corrected chi connectivity index (χ0v) is 11.4. The molecule has 0 aliphatic carbocycles. The molecule has 5 nitrogen and oxygen atoms in total. The molecule has 0 spiro atoms. The molecule has 0 saturated carbocycles. The van der Waals surface area contributed by atoms with Gasteiger partial charge in [-0.25, -0.2) is 0 Å². The van der Waals surface area contributed by atoms with Crippen LogP contribution in [0.25, 0.3) is 0 Å². The summed E-state index contributed by atoms with van der Waals surface area (Å²) in [5.41, 5.74) is 7.59. The number of rotatable bonds is 5. The van der Waals surface area contributed by atoms with E-state index < -0.39 is 5.41 Å². The van der Waals surface area contributed by atoms with Crippen LogP contribution in [0.15, 0.2) is 23.3 Å². The van der Waals surface area contributed by atoms with E-state index in [0.717, 1.165) is 23.4 Å². The first-order valence-electron chi connectivity index (χ1n) is 5.83. The van der Waals surface area contributed by atoms with E-state index >= 15 is 0 Å². The van der Waals surface area contributed by atoms with Gasteiger partial charge in [-0.3, -0.25) is 0 Å². The van der Waals surface area contributed by atoms with Gasteiger partial charge in [-0.15, -0.1) is 0 Å². The van der Waals surface area contributed by atoms with Crippen LogP contribution in [0.5, 0.6) is 5.75 Å². The third kappa shape index (κ3) is 2.73. The number of amidine groups is 1. The third-order valence-corrected chi connectivity index (χ3v) is 3.15. The van der Waals surface area contributed by atoms with Crippen molar-refractivity contribution in [2.45, 2.75) is 25.8 Å². The summed E-state index contributed by atoms with van der Waals surface area (Å²) < 4.78 is 5.33. The molecule has 0 heterocycles. The van der Waals surface area contributed by atoms with Gasteiger partial charge in [-0.2, -0.15) is 5.10 Å². The predicted octanol–water partition coefficient (Wildman–Crippen LogP) is 0.923. The van der Waals surface area contributed by atoms with Crippen molar-refractivity contribution in [1.29, 1.82) is 0 Å². The molecule has 0 fully saturated rings. The largest absolute Gasteiger partial charge is 0.496 e. The van der Waals surface area contributed by atoms with E-state index in [-0.39, 0.29) is 0 Å². The maximum atomic E-state index is 5.86. The van der Waals surface area contributed by atoms with Crippen molar-refractivity contribution >= 4 is 5.84 Å². The highest BCUT2D eigenvalue weighted by molar-refractivity contribution is 5.90. The molecule has 18 heavy (non-hydrogen) atoms. The van der Waals surface area contributed by atoms with Crippen molar-refractivity contribution in [3.63, 3.8) is 0 Å². The van der Waals surface area contributed by atoms with Crippen molar-refractivity contribution in [2.24, 2.45) is 16.7 Å². The van der Waals surface area contributed by atoms with E-state index in [1.54, 1.807) is 7.11 Å². The number of hydrogen-bond donors (Lipinski definition) is 3. The zero-order chi connectivity index (χ0) is 13.8. The lowest BCUT2D eigenvalue weighted by Crippen LogP contribution is -2.36. The molecule has 5 heteroatoms. The molecular formula is C13H22N4O. The Morgan fingerprint density at radius 2 is 2.11 bits per heavy atom. The monoisotopic (exact) mass is 250 g/mol. The van der Waals surface area contributed by atoms with Crippen LogP contribution < -0.4 is 21.6 Å². The topological polar surface area (TPSA) is 85.7 Å². The molecular weight excluding hydrogens is 228 g/mol. The van der Waals surface area contributed by atoms with Gasteiger partial charge in [0.15, 0.2) is 0 Å². The Bertz CT molecular complexity index is 441. The minimum absolute atomic E-state index is 0.399. The lowest BCUT2D eigenvalue weighted by Gasteiger charge is -2.25. The zero-order valence-electron chi connectivity index (χ0n) is 11.4. The summed E-state index contributed by atoms with van der Waals surface area (Å²) in [7, 11) is 3.56. The molecule has 0 radical (unpaired) electrons. The van der Waals surface area contributed by atoms with Gasteiger partial charge in [-0.1, -0.05) is 6.07 Å². The van der Waals surface area contributed by atoms with Crippen molar-refractivity contribution in [1.82, 2.24) is 5.32 Å². The Balaban J connectivity index is 3.23. The number of hydrogen-bond acceptors (Lipinski definition) is 4. The molecule has 5 N–H and O–H groups in total. The number of nitrogens with two attached hydrogens (primary N) is 2. The smallest absolute Gasteiger partial charge is 0.129 e. The van der Waals surface area contributed by atoms with Crippen LogP contribution >= 0.6 is 0 Å². The number of nitrogens with zero attached hydrogens (tertiary/aromatic N) is 1. The minimum Gasteiger partial charge on any atom is -0.496 e. The van der Waals surface area contributed by atoms with Crippen LogP contribution in [0.1, 0.15) is 25.0 Å². The molecule has 0 aliphatic rings. The minimum atomic E-state index is -0.399. The second kappa shape index (κ2) is 5.73. The van der Waals surface area contributed by atoms with E-state index in [9.17, 15) is 0 Å². The summed E-state index contributed by atoms with van der Waals surface area (Å²) in [6, 6.07) is 5.98. The molecule has 1 rings (SSSR count). The lowest BCUT2D eigenvalue weighted by atomic mass is 9.82. The Kier molecular flexibility index (Phi) is 4.55. The van der Waals surface area contributed by atoms with Gasteiger partial charge < -0.3 is 21.6 Å². The Morgan fingerprint density at radius 3 is 2.61 bits per heavy atom. The van der Waals surface area contributed by atoms with Crippen molar-refractivity contribution in [3.8, 4) is 5.75 Å². The van der Waals surface area contributed by atoms with Crippen LogP contribution in [-0.4, -0.2) is 20.0 Å². The number of ether oxygens (including phenoxy) is 1. The van der Waals surface area contributed by atoms with Gasteiger partial charge in [0, 0.05) is 17.5 Å². The fourth-order valence-electron chi connectivity index (χ4n) is 1.81. The fraction of sp³-hybridized carbons (Fsp3) is 0.462. The van der Waals surface area contributed by atoms with Crippen LogP contribution in [0.4, 0.5) is 0 Å². The standard InChI is InChI=1S/C13H22N4O/c1-13(2,12(14)17-15)10-5-6-11(18-4)9(7-10)8-16-3/h5-7,16H,8,15H2,1-4H3,(H2,14,17). The summed E-state index contributed by atoms with van der Waals surface area (Å²) in [6.07, 6.45) is 0. The third-order valence-electron chi connectivity index (χ3n) is 3.15. The average molecular weight is 250 g/mol. The number of methoxy groups -OCH3 is 1. The second-order valence-corrected chi connectivity index (χ2v) is 4.70. The lowest BCUT2D eigenvalue weighted by molar-refractivity contribution is 0.408. The van der Waals surface area contributed by atoms with E-state index in [1.807, 2.05) is 33.0 Å². The van der Waals surface area contributed by atoms with Crippen molar-refractivity contribution in [3.05, 3.63) is 29.3 Å². The summed E-state index contributed by atoms with van der Waals surface area (Å²) in [6.45, 7) is 4.71. The van der Waals surface area contributed by atoms with Gasteiger partial charge in [0.2, 0.25) is 0 Å². The Hall–Kier alpha value is -1.75. The molecule has 1 aromatic carbocycles. The summed E-state index contributed by atoms with van der Waals surface area (Å²) in [5, 5.41) is 6.72. The van der Waals surface area contributed by atoms with E-state index in [2.05, 4.69) is 16.5 Å². The van der Waals surface area contributed by atoms with Crippen molar-refractivity contribution in [2.75, 3.05) is 14.2 Å². The molecule has 1 aromatic rings. The number of benzene rings is 1. The van der Waals surface area contributed by atoms with Gasteiger partial charge in [0.1, 0.15) is 11.6 Å². The van der Waals surface area contributed by atoms with E-state index in [4.69, 9.17) is 16.3 Å². The van der Waals surface area contributed by atoms with E-state index in [1.165, 1.54) is 0 Å². The van der Waals surface area contributed by atoms with Gasteiger partial charge >= 0.3 is 0 Å². The van der Waals surface area contributed by atoms with Crippen LogP contribution in [0, 0.1) is 0 Å². The number of hydrazone groups is 1. The molecule has 0 amide bonds. The molecule has 0 bridgehead atoms. The quantitative estimate of drug-likeness (QED) is 0.314. The molecule has 0 unspecified atom stereocenters. The first-order valence-corrected chi connectivity index (χ1v) is 5.83. The first kappa shape index (κ1) is 14.3. The van der Waals surface area contributed by atoms with Crippen LogP contribution in [-0.2, 0) is 12.0 Å². The fourth-order valence-corrected chi connectivity index (χ4v) is 1.81. The summed E-state index contributed by atoms with van der Waals surface area (Å²) in [5.74, 6) is 6.53. The maximum absolute atomic E-state index is 5.86. The summed E-state index contributed by atoms with van der Waals surface area (Å²) >= 11 is 0. The molecule has 0 atom stereocenters. The predicted molar refractivity (Wildman–Crippen MR) is 74.6 cm³/mol. The molecule has 0 aliphatic heterocycles. The van der Waals surface area contributed by atoms with Gasteiger partial charge in [0.25, 0.3) is 0 Å². The normalized spacial score (nSPS) is 12.6. The summed E-state index contributed by atoms with van der Waals surface area (Å²) in [4.78, 5) is 0. The number of nitrogens with one attached hydrogen (secondary N) is 1. The van der Waals surface area contributed by atoms with Crippen LogP contribution in [0.3, 0.4) is 0 Å². The Labute approximate surface area is 108 Å². The maximum Gasteiger partial charge on any atom is 0.129 e. The SMILES string of the molecule is CNCc1cc(C(C)(C)/C(N)=N/N)ccc1OC. The highest BCUT2D eigenvalue weighted by atomic mass is 16.5. The van der Waals surface area contributed by atoms with Crippen LogP contribution in [0.2, 0.25) is 0 Å². The molecule has 0 aromatic heterocycles. The van der Waals surface area contributed by atoms with E-state index in [0.29, 0.717) is 5.84 Å². The Morgan fingerprint density at radius 1 is 1.44 bits per heavy atom. The van der Waals surface area contributed by atoms with Gasteiger partial charge in [-0.05, 0) is 38.6 Å². The second-order valence-electron chi connectivity index (χ2n) is 4.70.